The van der Waals surface area contributed by atoms with Crippen molar-refractivity contribution >= 4 is 46.4 Å². The van der Waals surface area contributed by atoms with Crippen LogP contribution in [-0.4, -0.2) is 23.3 Å². The van der Waals surface area contributed by atoms with Crippen molar-refractivity contribution in [2.24, 2.45) is 0 Å². The van der Waals surface area contributed by atoms with Crippen molar-refractivity contribution in [2.45, 2.75) is 19.5 Å². The van der Waals surface area contributed by atoms with E-state index < -0.39 is 0 Å². The molecule has 1 aromatic heterocycles. The van der Waals surface area contributed by atoms with Gasteiger partial charge in [-0.15, -0.1) is 0 Å². The zero-order chi connectivity index (χ0) is 25.8. The molecule has 0 saturated carbocycles. The van der Waals surface area contributed by atoms with Gasteiger partial charge in [0.2, 0.25) is 0 Å². The van der Waals surface area contributed by atoms with Crippen LogP contribution >= 0.6 is 23.2 Å². The van der Waals surface area contributed by atoms with E-state index in [1.807, 2.05) is 30.3 Å². The Labute approximate surface area is 225 Å². The number of carbonyl (C=O) groups is 2. The zero-order valence-electron chi connectivity index (χ0n) is 19.9. The highest BCUT2D eigenvalue weighted by Gasteiger charge is 2.22. The first-order chi connectivity index (χ1) is 18.0. The molecule has 5 rings (SSSR count). The normalized spacial score (nSPS) is 12.5. The van der Waals surface area contributed by atoms with Gasteiger partial charge in [0.1, 0.15) is 0 Å². The fraction of sp³-hybridized carbons (Fsp3) is 0.138. The number of nitrogens with one attached hydrogen (secondary N) is 2. The number of amides is 2. The monoisotopic (exact) mass is 530 g/mol. The standard InChI is InChI=1S/C29H24Cl2N4O2/c30-25-9-7-21(14-26(25)31)28(36)34-23-8-10-27(35-13-11-20-5-1-2-6-22(20)18-35)24(15-23)29(37)33-17-19-4-3-12-32-16-19/h1-10,12,14-16H,11,13,17-18H2,(H,33,37)(H,34,36). The lowest BCUT2D eigenvalue weighted by Gasteiger charge is -2.32. The van der Waals surface area contributed by atoms with E-state index in [-0.39, 0.29) is 11.8 Å². The Kier molecular flexibility index (Phi) is 7.40. The Morgan fingerprint density at radius 1 is 0.892 bits per heavy atom. The zero-order valence-corrected chi connectivity index (χ0v) is 21.4. The lowest BCUT2D eigenvalue weighted by molar-refractivity contribution is 0.0950. The number of pyridine rings is 1. The molecular formula is C29H24Cl2N4O2. The van der Waals surface area contributed by atoms with Gasteiger partial charge in [0.15, 0.2) is 0 Å². The Balaban J connectivity index is 1.42. The minimum absolute atomic E-state index is 0.233. The second-order valence-corrected chi connectivity index (χ2v) is 9.61. The average Bonchev–Trinajstić information content (AvgIpc) is 2.93. The summed E-state index contributed by atoms with van der Waals surface area (Å²) in [5.41, 5.74) is 5.63. The lowest BCUT2D eigenvalue weighted by atomic mass is 9.98. The highest BCUT2D eigenvalue weighted by atomic mass is 35.5. The largest absolute Gasteiger partial charge is 0.366 e. The molecule has 6 nitrogen and oxygen atoms in total. The second kappa shape index (κ2) is 11.0. The molecule has 4 aromatic rings. The van der Waals surface area contributed by atoms with Gasteiger partial charge in [0.05, 0.1) is 15.6 Å². The molecule has 0 radical (unpaired) electrons. The third kappa shape index (κ3) is 5.77. The van der Waals surface area contributed by atoms with Crippen LogP contribution in [0.1, 0.15) is 37.4 Å². The van der Waals surface area contributed by atoms with E-state index in [1.165, 1.54) is 17.2 Å². The Morgan fingerprint density at radius 3 is 2.51 bits per heavy atom. The molecule has 0 fully saturated rings. The van der Waals surface area contributed by atoms with E-state index in [9.17, 15) is 9.59 Å². The molecule has 0 spiro atoms. The molecule has 1 aliphatic rings. The first-order valence-electron chi connectivity index (χ1n) is 11.9. The van der Waals surface area contributed by atoms with E-state index in [4.69, 9.17) is 23.2 Å². The smallest absolute Gasteiger partial charge is 0.255 e. The average molecular weight is 531 g/mol. The van der Waals surface area contributed by atoms with Gasteiger partial charge in [-0.25, -0.2) is 0 Å². The SMILES string of the molecule is O=C(Nc1ccc(N2CCc3ccccc3C2)c(C(=O)NCc2cccnc2)c1)c1ccc(Cl)c(Cl)c1. The van der Waals surface area contributed by atoms with Crippen molar-refractivity contribution in [3.63, 3.8) is 0 Å². The number of hydrogen-bond donors (Lipinski definition) is 2. The Bertz CT molecular complexity index is 1460. The lowest BCUT2D eigenvalue weighted by Crippen LogP contribution is -2.33. The first-order valence-corrected chi connectivity index (χ1v) is 12.6. The topological polar surface area (TPSA) is 74.3 Å². The van der Waals surface area contributed by atoms with E-state index in [1.54, 1.807) is 30.6 Å². The van der Waals surface area contributed by atoms with Crippen molar-refractivity contribution < 1.29 is 9.59 Å². The number of rotatable bonds is 6. The molecule has 0 aliphatic carbocycles. The molecule has 2 heterocycles. The van der Waals surface area contributed by atoms with Gasteiger partial charge in [-0.1, -0.05) is 53.5 Å². The van der Waals surface area contributed by atoms with E-state index in [0.717, 1.165) is 24.2 Å². The molecule has 0 unspecified atom stereocenters. The summed E-state index contributed by atoms with van der Waals surface area (Å²) in [6.45, 7) is 1.83. The van der Waals surface area contributed by atoms with Crippen LogP contribution in [0.3, 0.4) is 0 Å². The molecule has 8 heteroatoms. The van der Waals surface area contributed by atoms with Crippen molar-refractivity contribution in [1.82, 2.24) is 10.3 Å². The van der Waals surface area contributed by atoms with Gasteiger partial charge < -0.3 is 15.5 Å². The molecule has 3 aromatic carbocycles. The summed E-state index contributed by atoms with van der Waals surface area (Å²) in [4.78, 5) is 32.6. The number of halogens is 2. The summed E-state index contributed by atoms with van der Waals surface area (Å²) >= 11 is 12.1. The maximum Gasteiger partial charge on any atom is 0.255 e. The molecule has 0 bridgehead atoms. The number of fused-ring (bicyclic) bond motifs is 1. The van der Waals surface area contributed by atoms with Crippen LogP contribution in [0.2, 0.25) is 10.0 Å². The fourth-order valence-electron chi connectivity index (χ4n) is 4.39. The summed E-state index contributed by atoms with van der Waals surface area (Å²) in [5.74, 6) is -0.580. The summed E-state index contributed by atoms with van der Waals surface area (Å²) < 4.78 is 0. The molecule has 2 amide bonds. The minimum Gasteiger partial charge on any atom is -0.366 e. The third-order valence-corrected chi connectivity index (χ3v) is 7.07. The summed E-state index contributed by atoms with van der Waals surface area (Å²) in [5, 5.41) is 6.53. The van der Waals surface area contributed by atoms with Crippen LogP contribution in [-0.2, 0) is 19.5 Å². The number of anilines is 2. The third-order valence-electron chi connectivity index (χ3n) is 6.33. The van der Waals surface area contributed by atoms with Gasteiger partial charge >= 0.3 is 0 Å². The van der Waals surface area contributed by atoms with Crippen LogP contribution in [0, 0.1) is 0 Å². The van der Waals surface area contributed by atoms with E-state index >= 15 is 0 Å². The predicted octanol–water partition coefficient (Wildman–Crippen LogP) is 6.13. The van der Waals surface area contributed by atoms with E-state index in [0.29, 0.717) is 39.9 Å². The minimum atomic E-state index is -0.347. The molecule has 0 atom stereocenters. The van der Waals surface area contributed by atoms with Gasteiger partial charge in [0.25, 0.3) is 11.8 Å². The van der Waals surface area contributed by atoms with E-state index in [2.05, 4.69) is 38.7 Å². The Hall–Kier alpha value is -3.87. The van der Waals surface area contributed by atoms with Crippen LogP contribution < -0.4 is 15.5 Å². The van der Waals surface area contributed by atoms with Gasteiger partial charge in [-0.2, -0.15) is 0 Å². The van der Waals surface area contributed by atoms with Gasteiger partial charge in [0, 0.05) is 49.0 Å². The van der Waals surface area contributed by atoms with Crippen LogP contribution in [0.4, 0.5) is 11.4 Å². The Morgan fingerprint density at radius 2 is 1.73 bits per heavy atom. The van der Waals surface area contributed by atoms with Crippen molar-refractivity contribution in [3.8, 4) is 0 Å². The molecule has 1 aliphatic heterocycles. The van der Waals surface area contributed by atoms with Crippen molar-refractivity contribution in [2.75, 3.05) is 16.8 Å². The summed E-state index contributed by atoms with van der Waals surface area (Å²) in [6.07, 6.45) is 4.30. The second-order valence-electron chi connectivity index (χ2n) is 8.80. The molecule has 37 heavy (non-hydrogen) atoms. The first kappa shape index (κ1) is 24.8. The number of hydrogen-bond acceptors (Lipinski definition) is 4. The summed E-state index contributed by atoms with van der Waals surface area (Å²) in [7, 11) is 0. The van der Waals surface area contributed by atoms with Crippen molar-refractivity contribution in [1.29, 1.82) is 0 Å². The van der Waals surface area contributed by atoms with Crippen LogP contribution in [0.5, 0.6) is 0 Å². The van der Waals surface area contributed by atoms with Crippen LogP contribution in [0.25, 0.3) is 0 Å². The highest BCUT2D eigenvalue weighted by Crippen LogP contribution is 2.30. The van der Waals surface area contributed by atoms with Gasteiger partial charge in [-0.05, 0) is 65.6 Å². The quantitative estimate of drug-likeness (QED) is 0.314. The maximum absolute atomic E-state index is 13.4. The molecule has 0 saturated heterocycles. The summed E-state index contributed by atoms with van der Waals surface area (Å²) in [6, 6.07) is 22.2. The maximum atomic E-state index is 13.4. The number of aromatic nitrogens is 1. The highest BCUT2D eigenvalue weighted by molar-refractivity contribution is 6.42. The number of carbonyl (C=O) groups excluding carboxylic acids is 2. The molecule has 2 N–H and O–H groups in total. The van der Waals surface area contributed by atoms with Gasteiger partial charge in [-0.3, -0.25) is 14.6 Å². The molecular weight excluding hydrogens is 507 g/mol. The van der Waals surface area contributed by atoms with Crippen LogP contribution in [0.15, 0.2) is 85.2 Å². The predicted molar refractivity (Wildman–Crippen MR) is 147 cm³/mol. The number of benzene rings is 3. The van der Waals surface area contributed by atoms with Crippen molar-refractivity contribution in [3.05, 3.63) is 123 Å². The fourth-order valence-corrected chi connectivity index (χ4v) is 4.69. The molecule has 186 valence electrons. The number of nitrogens with zero attached hydrogens (tertiary/aromatic N) is 2.